The Hall–Kier alpha value is -2.00. The number of carbonyl (C=O) groups is 1. The second-order valence-electron chi connectivity index (χ2n) is 4.59. The average molecular weight is 291 g/mol. The molecule has 0 unspecified atom stereocenters. The lowest BCUT2D eigenvalue weighted by Gasteiger charge is -2.15. The van der Waals surface area contributed by atoms with Gasteiger partial charge in [0.15, 0.2) is 6.10 Å². The van der Waals surface area contributed by atoms with Gasteiger partial charge in [-0.1, -0.05) is 41.4 Å². The Kier molecular flexibility index (Phi) is 4.64. The molecule has 104 valence electrons. The van der Waals surface area contributed by atoms with Crippen molar-refractivity contribution in [1.29, 1.82) is 0 Å². The highest BCUT2D eigenvalue weighted by Gasteiger charge is 2.20. The highest BCUT2D eigenvalue weighted by atomic mass is 35.5. The fourth-order valence-corrected chi connectivity index (χ4v) is 2.04. The van der Waals surface area contributed by atoms with Crippen LogP contribution in [-0.2, 0) is 11.2 Å². The first-order valence-corrected chi connectivity index (χ1v) is 6.63. The van der Waals surface area contributed by atoms with E-state index in [4.69, 9.17) is 16.3 Å². The summed E-state index contributed by atoms with van der Waals surface area (Å²) in [5.74, 6) is -0.490. The Morgan fingerprint density at radius 3 is 2.55 bits per heavy atom. The van der Waals surface area contributed by atoms with Crippen LogP contribution in [0.5, 0.6) is 5.75 Å². The van der Waals surface area contributed by atoms with Gasteiger partial charge in [-0.05, 0) is 36.8 Å². The van der Waals surface area contributed by atoms with Crippen molar-refractivity contribution in [3.8, 4) is 5.75 Å². The van der Waals surface area contributed by atoms with Gasteiger partial charge in [-0.25, -0.2) is 4.79 Å². The summed E-state index contributed by atoms with van der Waals surface area (Å²) in [6.45, 7) is 1.97. The number of carboxylic acids is 1. The van der Waals surface area contributed by atoms with E-state index in [1.807, 2.05) is 31.2 Å². The molecule has 0 aromatic heterocycles. The molecular formula is C16H15ClO3. The SMILES string of the molecule is Cc1cccc(C[C@@H](Oc2ccc(Cl)cc2)C(=O)O)c1. The molecule has 20 heavy (non-hydrogen) atoms. The van der Waals surface area contributed by atoms with Crippen molar-refractivity contribution < 1.29 is 14.6 Å². The third-order valence-corrected chi connectivity index (χ3v) is 3.12. The molecule has 0 bridgehead atoms. The number of rotatable bonds is 5. The van der Waals surface area contributed by atoms with E-state index in [2.05, 4.69) is 0 Å². The van der Waals surface area contributed by atoms with E-state index in [1.54, 1.807) is 24.3 Å². The Morgan fingerprint density at radius 2 is 1.95 bits per heavy atom. The molecule has 1 N–H and O–H groups in total. The van der Waals surface area contributed by atoms with Gasteiger partial charge in [0, 0.05) is 11.4 Å². The van der Waals surface area contributed by atoms with E-state index in [-0.39, 0.29) is 0 Å². The molecule has 0 saturated heterocycles. The number of benzene rings is 2. The van der Waals surface area contributed by atoms with Gasteiger partial charge in [-0.15, -0.1) is 0 Å². The van der Waals surface area contributed by atoms with Crippen LogP contribution in [-0.4, -0.2) is 17.2 Å². The van der Waals surface area contributed by atoms with Gasteiger partial charge >= 0.3 is 5.97 Å². The molecule has 2 aromatic rings. The Bertz CT molecular complexity index is 593. The van der Waals surface area contributed by atoms with Crippen LogP contribution in [0, 0.1) is 6.92 Å². The number of aryl methyl sites for hydroxylation is 1. The zero-order chi connectivity index (χ0) is 14.5. The first-order chi connectivity index (χ1) is 9.54. The summed E-state index contributed by atoms with van der Waals surface area (Å²) in [5, 5.41) is 9.85. The maximum Gasteiger partial charge on any atom is 0.345 e. The summed E-state index contributed by atoms with van der Waals surface area (Å²) in [4.78, 5) is 11.3. The Balaban J connectivity index is 2.11. The molecule has 0 heterocycles. The maximum atomic E-state index is 11.3. The minimum absolute atomic E-state index is 0.319. The lowest BCUT2D eigenvalue weighted by molar-refractivity contribution is -0.145. The van der Waals surface area contributed by atoms with Crippen molar-refractivity contribution >= 4 is 17.6 Å². The molecule has 2 rings (SSSR count). The first kappa shape index (κ1) is 14.4. The number of hydrogen-bond donors (Lipinski definition) is 1. The monoisotopic (exact) mass is 290 g/mol. The molecule has 0 aliphatic heterocycles. The normalized spacial score (nSPS) is 11.9. The standard InChI is InChI=1S/C16H15ClO3/c1-11-3-2-4-12(9-11)10-15(16(18)19)20-14-7-5-13(17)6-8-14/h2-9,15H,10H2,1H3,(H,18,19)/t15-/m1/s1. The van der Waals surface area contributed by atoms with E-state index in [0.717, 1.165) is 11.1 Å². The fourth-order valence-electron chi connectivity index (χ4n) is 1.91. The summed E-state index contributed by atoms with van der Waals surface area (Å²) in [6, 6.07) is 14.4. The molecule has 0 saturated carbocycles. The van der Waals surface area contributed by atoms with Crippen LogP contribution in [0.1, 0.15) is 11.1 Å². The minimum Gasteiger partial charge on any atom is -0.478 e. The maximum absolute atomic E-state index is 11.3. The highest BCUT2D eigenvalue weighted by molar-refractivity contribution is 6.30. The summed E-state index contributed by atoms with van der Waals surface area (Å²) in [6.07, 6.45) is -0.599. The minimum atomic E-state index is -0.985. The zero-order valence-electron chi connectivity index (χ0n) is 11.0. The number of ether oxygens (including phenoxy) is 1. The average Bonchev–Trinajstić information content (AvgIpc) is 2.40. The van der Waals surface area contributed by atoms with Crippen molar-refractivity contribution in [3.63, 3.8) is 0 Å². The molecule has 2 aromatic carbocycles. The largest absolute Gasteiger partial charge is 0.478 e. The van der Waals surface area contributed by atoms with Crippen molar-refractivity contribution in [2.45, 2.75) is 19.4 Å². The smallest absolute Gasteiger partial charge is 0.345 e. The van der Waals surface area contributed by atoms with E-state index in [0.29, 0.717) is 17.2 Å². The van der Waals surface area contributed by atoms with Gasteiger partial charge in [0.1, 0.15) is 5.75 Å². The van der Waals surface area contributed by atoms with Crippen LogP contribution in [0.15, 0.2) is 48.5 Å². The van der Waals surface area contributed by atoms with E-state index in [9.17, 15) is 9.90 Å². The molecule has 0 amide bonds. The van der Waals surface area contributed by atoms with Gasteiger partial charge in [0.05, 0.1) is 0 Å². The third-order valence-electron chi connectivity index (χ3n) is 2.87. The molecule has 3 nitrogen and oxygen atoms in total. The van der Waals surface area contributed by atoms with Gasteiger partial charge in [0.25, 0.3) is 0 Å². The van der Waals surface area contributed by atoms with Gasteiger partial charge in [-0.2, -0.15) is 0 Å². The third kappa shape index (κ3) is 4.00. The van der Waals surface area contributed by atoms with Gasteiger partial charge in [0.2, 0.25) is 0 Å². The summed E-state index contributed by atoms with van der Waals surface area (Å²) >= 11 is 5.79. The van der Waals surface area contributed by atoms with E-state index >= 15 is 0 Å². The first-order valence-electron chi connectivity index (χ1n) is 6.25. The number of hydrogen-bond acceptors (Lipinski definition) is 2. The van der Waals surface area contributed by atoms with E-state index in [1.165, 1.54) is 0 Å². The molecule has 0 aliphatic rings. The van der Waals surface area contributed by atoms with Crippen LogP contribution >= 0.6 is 11.6 Å². The van der Waals surface area contributed by atoms with Crippen molar-refractivity contribution in [3.05, 3.63) is 64.7 Å². The topological polar surface area (TPSA) is 46.5 Å². The Labute approximate surface area is 122 Å². The lowest BCUT2D eigenvalue weighted by atomic mass is 10.1. The molecule has 4 heteroatoms. The summed E-state index contributed by atoms with van der Waals surface area (Å²) in [5.41, 5.74) is 2.03. The predicted octanol–water partition coefficient (Wildman–Crippen LogP) is 3.72. The predicted molar refractivity (Wildman–Crippen MR) is 78.4 cm³/mol. The van der Waals surface area contributed by atoms with Gasteiger partial charge in [-0.3, -0.25) is 0 Å². The van der Waals surface area contributed by atoms with Crippen LogP contribution < -0.4 is 4.74 Å². The molecule has 1 atom stereocenters. The number of aliphatic carboxylic acids is 1. The van der Waals surface area contributed by atoms with E-state index < -0.39 is 12.1 Å². The molecule has 0 radical (unpaired) electrons. The van der Waals surface area contributed by atoms with Gasteiger partial charge < -0.3 is 9.84 Å². The fraction of sp³-hybridized carbons (Fsp3) is 0.188. The van der Waals surface area contributed by atoms with Crippen molar-refractivity contribution in [2.24, 2.45) is 0 Å². The van der Waals surface area contributed by atoms with Crippen LogP contribution in [0.25, 0.3) is 0 Å². The van der Waals surface area contributed by atoms with Crippen LogP contribution in [0.3, 0.4) is 0 Å². The molecule has 0 aliphatic carbocycles. The second kappa shape index (κ2) is 6.44. The van der Waals surface area contributed by atoms with Crippen molar-refractivity contribution in [2.75, 3.05) is 0 Å². The molecular weight excluding hydrogens is 276 g/mol. The molecule has 0 spiro atoms. The second-order valence-corrected chi connectivity index (χ2v) is 5.03. The summed E-state index contributed by atoms with van der Waals surface area (Å²) < 4.78 is 5.52. The number of carboxylic acid groups (broad SMARTS) is 1. The quantitative estimate of drug-likeness (QED) is 0.913. The highest BCUT2D eigenvalue weighted by Crippen LogP contribution is 2.18. The summed E-state index contributed by atoms with van der Waals surface area (Å²) in [7, 11) is 0. The molecule has 0 fully saturated rings. The Morgan fingerprint density at radius 1 is 1.25 bits per heavy atom. The van der Waals surface area contributed by atoms with Crippen LogP contribution in [0.4, 0.5) is 0 Å². The van der Waals surface area contributed by atoms with Crippen molar-refractivity contribution in [1.82, 2.24) is 0 Å². The lowest BCUT2D eigenvalue weighted by Crippen LogP contribution is -2.29. The van der Waals surface area contributed by atoms with Crippen LogP contribution in [0.2, 0.25) is 5.02 Å². The zero-order valence-corrected chi connectivity index (χ0v) is 11.8. The number of halogens is 1.